The minimum atomic E-state index is -1.04. The van der Waals surface area contributed by atoms with Gasteiger partial charge in [-0.2, -0.15) is 0 Å². The molecule has 2 heterocycles. The van der Waals surface area contributed by atoms with Gasteiger partial charge in [-0.25, -0.2) is 0 Å². The van der Waals surface area contributed by atoms with Gasteiger partial charge in [-0.15, -0.1) is 0 Å². The van der Waals surface area contributed by atoms with E-state index in [0.717, 1.165) is 16.5 Å². The van der Waals surface area contributed by atoms with Crippen LogP contribution in [0.3, 0.4) is 0 Å². The quantitative estimate of drug-likeness (QED) is 0.500. The first-order chi connectivity index (χ1) is 16.7. The molecule has 1 fully saturated rings. The minimum Gasteiger partial charge on any atom is -0.484 e. The van der Waals surface area contributed by atoms with Gasteiger partial charge in [-0.3, -0.25) is 34.2 Å². The van der Waals surface area contributed by atoms with Gasteiger partial charge in [0.15, 0.2) is 6.61 Å². The normalized spacial score (nSPS) is 17.7. The van der Waals surface area contributed by atoms with Gasteiger partial charge in [0.2, 0.25) is 11.8 Å². The van der Waals surface area contributed by atoms with E-state index in [-0.39, 0.29) is 31.1 Å². The van der Waals surface area contributed by atoms with Crippen molar-refractivity contribution in [3.8, 4) is 5.75 Å². The molecule has 5 amide bonds. The molecule has 1 atom stereocenters. The van der Waals surface area contributed by atoms with E-state index in [1.165, 1.54) is 0 Å². The maximum absolute atomic E-state index is 12.8. The number of carbonyl (C=O) groups is 5. The van der Waals surface area contributed by atoms with Crippen LogP contribution in [0.15, 0.2) is 54.2 Å². The SMILES string of the molecule is Cc1ccc(NC(=O)COc2cccc(NC3=CC(=O)N([C@@H]4CCC(=O)NC4=O)C3=O)c2)cc1Cl. The maximum Gasteiger partial charge on any atom is 0.278 e. The number of aryl methyl sites for hydroxylation is 1. The highest BCUT2D eigenvalue weighted by Crippen LogP contribution is 2.25. The summed E-state index contributed by atoms with van der Waals surface area (Å²) in [6, 6.07) is 10.6. The van der Waals surface area contributed by atoms with Crippen LogP contribution in [0.1, 0.15) is 18.4 Å². The average Bonchev–Trinajstić information content (AvgIpc) is 3.08. The third-order valence-corrected chi connectivity index (χ3v) is 5.82. The summed E-state index contributed by atoms with van der Waals surface area (Å²) >= 11 is 6.07. The molecule has 180 valence electrons. The van der Waals surface area contributed by atoms with Crippen LogP contribution in [-0.4, -0.2) is 47.1 Å². The number of nitrogens with zero attached hydrogens (tertiary/aromatic N) is 1. The molecule has 0 radical (unpaired) electrons. The Balaban J connectivity index is 1.35. The fourth-order valence-corrected chi connectivity index (χ4v) is 3.81. The number of imide groups is 2. The van der Waals surface area contributed by atoms with Crippen molar-refractivity contribution in [3.63, 3.8) is 0 Å². The molecule has 2 aliphatic rings. The van der Waals surface area contributed by atoms with Crippen molar-refractivity contribution in [1.82, 2.24) is 10.2 Å². The number of hydrogen-bond donors (Lipinski definition) is 3. The number of nitrogens with one attached hydrogen (secondary N) is 3. The molecular formula is C24H21ClN4O6. The van der Waals surface area contributed by atoms with Gasteiger partial charge in [-0.1, -0.05) is 23.7 Å². The second kappa shape index (κ2) is 9.98. The van der Waals surface area contributed by atoms with Crippen LogP contribution in [0.25, 0.3) is 0 Å². The molecular weight excluding hydrogens is 476 g/mol. The molecule has 0 aliphatic carbocycles. The summed E-state index contributed by atoms with van der Waals surface area (Å²) in [6.07, 6.45) is 1.21. The Labute approximate surface area is 205 Å². The van der Waals surface area contributed by atoms with E-state index < -0.39 is 29.7 Å². The van der Waals surface area contributed by atoms with Crippen molar-refractivity contribution >= 4 is 52.5 Å². The standard InChI is InChI=1S/C24H21ClN4O6/c1-13-5-6-15(10-17(13)25)27-21(31)12-35-16-4-2-3-14(9-16)26-18-11-22(32)29(24(18)34)19-7-8-20(30)28-23(19)33/h2-6,9-11,19,26H,7-8,12H2,1H3,(H,27,31)(H,28,30,33)/t19-/m1/s1. The first kappa shape index (κ1) is 24.0. The summed E-state index contributed by atoms with van der Waals surface area (Å²) in [6.45, 7) is 1.59. The van der Waals surface area contributed by atoms with Crippen molar-refractivity contribution in [1.29, 1.82) is 0 Å². The molecule has 11 heteroatoms. The van der Waals surface area contributed by atoms with Crippen LogP contribution in [0.5, 0.6) is 5.75 Å². The van der Waals surface area contributed by atoms with E-state index in [9.17, 15) is 24.0 Å². The number of carbonyl (C=O) groups excluding carboxylic acids is 5. The molecule has 4 rings (SSSR count). The summed E-state index contributed by atoms with van der Waals surface area (Å²) in [5.41, 5.74) is 1.85. The van der Waals surface area contributed by atoms with E-state index in [2.05, 4.69) is 16.0 Å². The zero-order valence-corrected chi connectivity index (χ0v) is 19.3. The van der Waals surface area contributed by atoms with Gasteiger partial charge in [0.1, 0.15) is 17.5 Å². The molecule has 2 aromatic rings. The van der Waals surface area contributed by atoms with Gasteiger partial charge in [0.05, 0.1) is 0 Å². The molecule has 0 saturated carbocycles. The molecule has 3 N–H and O–H groups in total. The Bertz CT molecular complexity index is 1270. The molecule has 2 aromatic carbocycles. The average molecular weight is 497 g/mol. The van der Waals surface area contributed by atoms with E-state index in [1.54, 1.807) is 42.5 Å². The molecule has 10 nitrogen and oxygen atoms in total. The van der Waals surface area contributed by atoms with Gasteiger partial charge >= 0.3 is 0 Å². The van der Waals surface area contributed by atoms with E-state index in [0.29, 0.717) is 22.1 Å². The summed E-state index contributed by atoms with van der Waals surface area (Å²) in [5.74, 6) is -2.47. The lowest BCUT2D eigenvalue weighted by molar-refractivity contribution is -0.149. The number of benzene rings is 2. The second-order valence-corrected chi connectivity index (χ2v) is 8.40. The number of hydrogen-bond acceptors (Lipinski definition) is 7. The van der Waals surface area contributed by atoms with Crippen molar-refractivity contribution in [2.24, 2.45) is 0 Å². The molecule has 0 unspecified atom stereocenters. The summed E-state index contributed by atoms with van der Waals surface area (Å²) in [7, 11) is 0. The predicted molar refractivity (Wildman–Crippen MR) is 126 cm³/mol. The highest BCUT2D eigenvalue weighted by molar-refractivity contribution is 6.31. The van der Waals surface area contributed by atoms with E-state index in [4.69, 9.17) is 16.3 Å². The largest absolute Gasteiger partial charge is 0.484 e. The minimum absolute atomic E-state index is 0.0224. The topological polar surface area (TPSA) is 134 Å². The lowest BCUT2D eigenvalue weighted by Gasteiger charge is -2.28. The van der Waals surface area contributed by atoms with Crippen LogP contribution >= 0.6 is 11.6 Å². The predicted octanol–water partition coefficient (Wildman–Crippen LogP) is 2.14. The Morgan fingerprint density at radius 2 is 1.94 bits per heavy atom. The highest BCUT2D eigenvalue weighted by Gasteiger charge is 2.42. The summed E-state index contributed by atoms with van der Waals surface area (Å²) < 4.78 is 5.54. The number of ether oxygens (including phenoxy) is 1. The van der Waals surface area contributed by atoms with Crippen LogP contribution in [-0.2, 0) is 24.0 Å². The third-order valence-electron chi connectivity index (χ3n) is 5.41. The molecule has 35 heavy (non-hydrogen) atoms. The number of halogens is 1. The Morgan fingerprint density at radius 1 is 1.14 bits per heavy atom. The Morgan fingerprint density at radius 3 is 2.69 bits per heavy atom. The van der Waals surface area contributed by atoms with Gasteiger partial charge in [-0.05, 0) is 43.2 Å². The fraction of sp³-hybridized carbons (Fsp3) is 0.208. The van der Waals surface area contributed by atoms with Crippen molar-refractivity contribution in [2.75, 3.05) is 17.2 Å². The first-order valence-corrected chi connectivity index (χ1v) is 11.1. The van der Waals surface area contributed by atoms with Crippen LogP contribution in [0.2, 0.25) is 5.02 Å². The van der Waals surface area contributed by atoms with Crippen LogP contribution < -0.4 is 20.7 Å². The number of piperidine rings is 1. The van der Waals surface area contributed by atoms with Crippen LogP contribution in [0.4, 0.5) is 11.4 Å². The molecule has 2 aliphatic heterocycles. The highest BCUT2D eigenvalue weighted by atomic mass is 35.5. The van der Waals surface area contributed by atoms with Crippen molar-refractivity contribution < 1.29 is 28.7 Å². The van der Waals surface area contributed by atoms with Gasteiger partial charge in [0, 0.05) is 35.0 Å². The lowest BCUT2D eigenvalue weighted by atomic mass is 10.0. The lowest BCUT2D eigenvalue weighted by Crippen LogP contribution is -2.54. The summed E-state index contributed by atoms with van der Waals surface area (Å²) in [4.78, 5) is 61.7. The first-order valence-electron chi connectivity index (χ1n) is 10.7. The van der Waals surface area contributed by atoms with Crippen molar-refractivity contribution in [3.05, 3.63) is 64.8 Å². The summed E-state index contributed by atoms with van der Waals surface area (Å²) in [5, 5.41) is 8.22. The van der Waals surface area contributed by atoms with E-state index in [1.807, 2.05) is 6.92 Å². The second-order valence-electron chi connectivity index (χ2n) is 7.99. The maximum atomic E-state index is 12.8. The monoisotopic (exact) mass is 496 g/mol. The molecule has 0 aromatic heterocycles. The Kier molecular flexibility index (Phi) is 6.83. The van der Waals surface area contributed by atoms with Crippen molar-refractivity contribution in [2.45, 2.75) is 25.8 Å². The zero-order valence-electron chi connectivity index (χ0n) is 18.6. The third kappa shape index (κ3) is 5.49. The number of rotatable bonds is 7. The Hall–Kier alpha value is -4.18. The zero-order chi connectivity index (χ0) is 25.1. The van der Waals surface area contributed by atoms with Gasteiger partial charge in [0.25, 0.3) is 17.7 Å². The van der Waals surface area contributed by atoms with Gasteiger partial charge < -0.3 is 15.4 Å². The number of amides is 5. The fourth-order valence-electron chi connectivity index (χ4n) is 3.63. The molecule has 1 saturated heterocycles. The van der Waals surface area contributed by atoms with Crippen LogP contribution in [0, 0.1) is 6.92 Å². The smallest absolute Gasteiger partial charge is 0.278 e. The molecule has 0 spiro atoms. The van der Waals surface area contributed by atoms with E-state index >= 15 is 0 Å². The molecule has 0 bridgehead atoms. The number of anilines is 2.